The van der Waals surface area contributed by atoms with Crippen molar-refractivity contribution in [2.45, 2.75) is 58.4 Å². The quantitative estimate of drug-likeness (QED) is 0.325. The summed E-state index contributed by atoms with van der Waals surface area (Å²) in [6.07, 6.45) is 4.50. The Morgan fingerprint density at radius 3 is 2.29 bits per heavy atom. The fraction of sp³-hybridized carbons (Fsp3) is 0.867. The van der Waals surface area contributed by atoms with Crippen molar-refractivity contribution in [1.29, 1.82) is 0 Å². The number of amidine groups is 1. The van der Waals surface area contributed by atoms with Crippen molar-refractivity contribution in [2.24, 2.45) is 16.3 Å². The highest BCUT2D eigenvalue weighted by Crippen LogP contribution is 2.34. The zero-order valence-electron chi connectivity index (χ0n) is 13.5. The summed E-state index contributed by atoms with van der Waals surface area (Å²) in [6, 6.07) is 0.172. The highest BCUT2D eigenvalue weighted by molar-refractivity contribution is 6.06. The van der Waals surface area contributed by atoms with E-state index in [4.69, 9.17) is 15.7 Å². The summed E-state index contributed by atoms with van der Waals surface area (Å²) < 4.78 is 5.35. The van der Waals surface area contributed by atoms with Crippen LogP contribution in [0.4, 0.5) is 0 Å². The predicted molar refractivity (Wildman–Crippen MR) is 82.3 cm³/mol. The second-order valence-corrected chi connectivity index (χ2v) is 5.83. The molecule has 1 aliphatic rings. The van der Waals surface area contributed by atoms with Crippen molar-refractivity contribution in [3.63, 3.8) is 0 Å². The van der Waals surface area contributed by atoms with Crippen LogP contribution < -0.4 is 5.73 Å². The Morgan fingerprint density at radius 1 is 1.33 bits per heavy atom. The maximum Gasteiger partial charge on any atom is 0.236 e. The summed E-state index contributed by atoms with van der Waals surface area (Å²) >= 11 is 0. The number of nitrogens with zero attached hydrogens (tertiary/aromatic N) is 2. The Balaban J connectivity index is 3.02. The molecule has 0 bridgehead atoms. The number of rotatable bonds is 7. The number of hydrogen-bond donors (Lipinski definition) is 2. The molecule has 0 spiro atoms. The molecule has 0 aromatic heterocycles. The van der Waals surface area contributed by atoms with Crippen LogP contribution in [0.1, 0.15) is 52.4 Å². The summed E-state index contributed by atoms with van der Waals surface area (Å²) in [4.78, 5) is 14.8. The largest absolute Gasteiger partial charge is 0.409 e. The van der Waals surface area contributed by atoms with Crippen molar-refractivity contribution >= 4 is 11.7 Å². The molecule has 3 N–H and O–H groups in total. The first kappa shape index (κ1) is 17.8. The molecule has 0 aromatic carbocycles. The molecule has 1 rings (SSSR count). The van der Waals surface area contributed by atoms with Crippen molar-refractivity contribution < 1.29 is 14.7 Å². The first-order chi connectivity index (χ1) is 10.0. The van der Waals surface area contributed by atoms with Gasteiger partial charge in [-0.15, -0.1) is 0 Å². The summed E-state index contributed by atoms with van der Waals surface area (Å²) in [5, 5.41) is 12.3. The van der Waals surface area contributed by atoms with Crippen LogP contribution in [0.5, 0.6) is 0 Å². The molecule has 122 valence electrons. The lowest BCUT2D eigenvalue weighted by Crippen LogP contribution is -2.53. The van der Waals surface area contributed by atoms with Gasteiger partial charge in [-0.2, -0.15) is 0 Å². The van der Waals surface area contributed by atoms with Crippen LogP contribution in [0, 0.1) is 5.41 Å². The second kappa shape index (κ2) is 8.22. The topological polar surface area (TPSA) is 88.2 Å². The molecule has 0 aliphatic carbocycles. The number of nitrogens with two attached hydrogens (primary N) is 1. The Bertz CT molecular complexity index is 359. The number of oxime groups is 1. The molecule has 1 amide bonds. The van der Waals surface area contributed by atoms with Crippen LogP contribution in [0.3, 0.4) is 0 Å². The normalized spacial score (nSPS) is 17.8. The SMILES string of the molecule is CCCC(CCC)(C(=O)N(C)C1CCOCC1)C(N)=NO. The predicted octanol–water partition coefficient (Wildman–Crippen LogP) is 1.96. The molecule has 1 fully saturated rings. The molecule has 1 saturated heterocycles. The lowest BCUT2D eigenvalue weighted by atomic mass is 9.76. The summed E-state index contributed by atoms with van der Waals surface area (Å²) in [6.45, 7) is 5.38. The third-order valence-electron chi connectivity index (χ3n) is 4.42. The summed E-state index contributed by atoms with van der Waals surface area (Å²) in [7, 11) is 1.82. The number of carbonyl (C=O) groups excluding carboxylic acids is 1. The van der Waals surface area contributed by atoms with Crippen LogP contribution in [0.25, 0.3) is 0 Å². The van der Waals surface area contributed by atoms with Gasteiger partial charge in [0, 0.05) is 26.3 Å². The van der Waals surface area contributed by atoms with E-state index in [1.165, 1.54) is 0 Å². The maximum atomic E-state index is 13.1. The molecular weight excluding hydrogens is 270 g/mol. The average molecular weight is 299 g/mol. The maximum absolute atomic E-state index is 13.1. The van der Waals surface area contributed by atoms with Gasteiger partial charge in [0.05, 0.1) is 0 Å². The Morgan fingerprint density at radius 2 is 1.86 bits per heavy atom. The third kappa shape index (κ3) is 3.87. The highest BCUT2D eigenvalue weighted by atomic mass is 16.5. The van der Waals surface area contributed by atoms with Crippen LogP contribution in [0.2, 0.25) is 0 Å². The minimum Gasteiger partial charge on any atom is -0.409 e. The fourth-order valence-electron chi connectivity index (χ4n) is 3.23. The van der Waals surface area contributed by atoms with Gasteiger partial charge in [0.2, 0.25) is 5.91 Å². The average Bonchev–Trinajstić information content (AvgIpc) is 2.53. The standard InChI is InChI=1S/C15H29N3O3/c1-4-8-15(9-5-2,13(16)17-20)14(19)18(3)12-6-10-21-11-7-12/h12,20H,4-11H2,1-3H3,(H2,16,17). The Labute approximate surface area is 127 Å². The Kier molecular flexibility index (Phi) is 6.95. The lowest BCUT2D eigenvalue weighted by Gasteiger charge is -2.39. The van der Waals surface area contributed by atoms with Crippen molar-refractivity contribution in [2.75, 3.05) is 20.3 Å². The molecule has 1 heterocycles. The minimum atomic E-state index is -0.884. The van der Waals surface area contributed by atoms with E-state index in [0.717, 1.165) is 25.7 Å². The molecule has 0 unspecified atom stereocenters. The van der Waals surface area contributed by atoms with Crippen LogP contribution >= 0.6 is 0 Å². The minimum absolute atomic E-state index is 0.0339. The fourth-order valence-corrected chi connectivity index (χ4v) is 3.23. The molecule has 0 aromatic rings. The molecule has 6 heteroatoms. The second-order valence-electron chi connectivity index (χ2n) is 5.83. The van der Waals surface area contributed by atoms with Gasteiger partial charge in [-0.05, 0) is 25.7 Å². The number of ether oxygens (including phenoxy) is 1. The molecule has 0 radical (unpaired) electrons. The molecular formula is C15H29N3O3. The van der Waals surface area contributed by atoms with E-state index >= 15 is 0 Å². The zero-order chi connectivity index (χ0) is 15.9. The van der Waals surface area contributed by atoms with Crippen LogP contribution in [-0.2, 0) is 9.53 Å². The molecule has 6 nitrogen and oxygen atoms in total. The first-order valence-corrected chi connectivity index (χ1v) is 7.86. The Hall–Kier alpha value is -1.30. The first-order valence-electron chi connectivity index (χ1n) is 7.86. The number of carbonyl (C=O) groups is 1. The van der Waals surface area contributed by atoms with Gasteiger partial charge < -0.3 is 20.6 Å². The zero-order valence-corrected chi connectivity index (χ0v) is 13.5. The van der Waals surface area contributed by atoms with Crippen LogP contribution in [0.15, 0.2) is 5.16 Å². The van der Waals surface area contributed by atoms with E-state index in [1.54, 1.807) is 4.90 Å². The van der Waals surface area contributed by atoms with E-state index in [9.17, 15) is 4.79 Å². The lowest BCUT2D eigenvalue weighted by molar-refractivity contribution is -0.141. The van der Waals surface area contributed by atoms with Gasteiger partial charge in [-0.25, -0.2) is 0 Å². The smallest absolute Gasteiger partial charge is 0.236 e. The van der Waals surface area contributed by atoms with E-state index in [0.29, 0.717) is 26.1 Å². The number of amides is 1. The molecule has 0 atom stereocenters. The highest BCUT2D eigenvalue weighted by Gasteiger charge is 2.44. The summed E-state index contributed by atoms with van der Waals surface area (Å²) in [5.41, 5.74) is 5.04. The van der Waals surface area contributed by atoms with Gasteiger partial charge in [-0.1, -0.05) is 31.8 Å². The molecule has 1 aliphatic heterocycles. The third-order valence-corrected chi connectivity index (χ3v) is 4.42. The molecule has 21 heavy (non-hydrogen) atoms. The van der Waals surface area contributed by atoms with Crippen molar-refractivity contribution in [3.8, 4) is 0 Å². The van der Waals surface area contributed by atoms with E-state index in [1.807, 2.05) is 20.9 Å². The van der Waals surface area contributed by atoms with Gasteiger partial charge in [-0.3, -0.25) is 4.79 Å². The van der Waals surface area contributed by atoms with Crippen molar-refractivity contribution in [3.05, 3.63) is 0 Å². The summed E-state index contributed by atoms with van der Waals surface area (Å²) in [5.74, 6) is 0.00325. The van der Waals surface area contributed by atoms with E-state index in [-0.39, 0.29) is 17.8 Å². The van der Waals surface area contributed by atoms with E-state index < -0.39 is 5.41 Å². The van der Waals surface area contributed by atoms with Crippen LogP contribution in [-0.4, -0.2) is 48.2 Å². The van der Waals surface area contributed by atoms with Gasteiger partial charge in [0.1, 0.15) is 5.41 Å². The number of hydrogen-bond acceptors (Lipinski definition) is 4. The van der Waals surface area contributed by atoms with Crippen molar-refractivity contribution in [1.82, 2.24) is 4.90 Å². The molecule has 0 saturated carbocycles. The van der Waals surface area contributed by atoms with Gasteiger partial charge in [0.25, 0.3) is 0 Å². The van der Waals surface area contributed by atoms with E-state index in [2.05, 4.69) is 5.16 Å². The monoisotopic (exact) mass is 299 g/mol. The van der Waals surface area contributed by atoms with Gasteiger partial charge >= 0.3 is 0 Å². The van der Waals surface area contributed by atoms with Gasteiger partial charge in [0.15, 0.2) is 5.84 Å².